The molecule has 0 fully saturated rings. The Balaban J connectivity index is 2.65. The van der Waals surface area contributed by atoms with E-state index in [1.807, 2.05) is 0 Å². The molecule has 0 unspecified atom stereocenters. The molecule has 6 heteroatoms. The first-order valence-corrected chi connectivity index (χ1v) is 5.59. The van der Waals surface area contributed by atoms with Gasteiger partial charge in [0, 0.05) is 11.1 Å². The molecule has 0 saturated heterocycles. The van der Waals surface area contributed by atoms with Crippen LogP contribution >= 0.6 is 11.6 Å². The number of hydrogen-bond donors (Lipinski definition) is 0. The van der Waals surface area contributed by atoms with Crippen molar-refractivity contribution < 1.29 is 18.0 Å². The second-order valence-electron chi connectivity index (χ2n) is 3.77. The van der Waals surface area contributed by atoms with Crippen molar-refractivity contribution in [2.45, 2.75) is 6.18 Å². The third-order valence-electron chi connectivity index (χ3n) is 2.46. The number of rotatable bonds is 2. The number of hydrogen-bond acceptors (Lipinski definition) is 2. The third-order valence-corrected chi connectivity index (χ3v) is 2.65. The molecule has 0 bridgehead atoms. The van der Waals surface area contributed by atoms with Crippen LogP contribution in [0.5, 0.6) is 0 Å². The van der Waals surface area contributed by atoms with Gasteiger partial charge in [-0.2, -0.15) is 13.2 Å². The van der Waals surface area contributed by atoms with Gasteiger partial charge >= 0.3 is 6.18 Å². The number of benzene rings is 1. The average Bonchev–Trinajstić information content (AvgIpc) is 2.37. The molecule has 0 aliphatic heterocycles. The molecule has 0 aliphatic rings. The molecule has 1 aromatic heterocycles. The highest BCUT2D eigenvalue weighted by Crippen LogP contribution is 2.36. The normalized spacial score (nSPS) is 11.4. The molecule has 2 aromatic rings. The minimum atomic E-state index is -4.50. The minimum Gasteiger partial charge on any atom is -0.298 e. The van der Waals surface area contributed by atoms with Crippen molar-refractivity contribution in [1.29, 1.82) is 0 Å². The van der Waals surface area contributed by atoms with Gasteiger partial charge in [-0.05, 0) is 18.2 Å². The quantitative estimate of drug-likeness (QED) is 0.610. The van der Waals surface area contributed by atoms with Crippen LogP contribution in [0.3, 0.4) is 0 Å². The molecule has 1 aromatic carbocycles. The predicted octanol–water partition coefficient (Wildman–Crippen LogP) is 4.23. The smallest absolute Gasteiger partial charge is 0.298 e. The van der Waals surface area contributed by atoms with Gasteiger partial charge in [0.1, 0.15) is 11.4 Å². The standard InChI is InChI=1S/C13H7ClF3NO/c14-12-6-8(7-19)5-11(18-12)9-3-1-2-4-10(9)13(15,16)17/h1-7H. The van der Waals surface area contributed by atoms with Crippen LogP contribution < -0.4 is 0 Å². The van der Waals surface area contributed by atoms with Crippen LogP contribution in [0.4, 0.5) is 13.2 Å². The maximum atomic E-state index is 12.9. The fraction of sp³-hybridized carbons (Fsp3) is 0.0769. The summed E-state index contributed by atoms with van der Waals surface area (Å²) < 4.78 is 38.7. The van der Waals surface area contributed by atoms with Crippen LogP contribution in [-0.4, -0.2) is 11.3 Å². The van der Waals surface area contributed by atoms with E-state index in [1.54, 1.807) is 0 Å². The highest BCUT2D eigenvalue weighted by Gasteiger charge is 2.33. The number of aldehydes is 1. The third kappa shape index (κ3) is 2.93. The van der Waals surface area contributed by atoms with Crippen molar-refractivity contribution in [3.05, 3.63) is 52.7 Å². The fourth-order valence-corrected chi connectivity index (χ4v) is 1.89. The molecule has 2 nitrogen and oxygen atoms in total. The lowest BCUT2D eigenvalue weighted by atomic mass is 10.0. The topological polar surface area (TPSA) is 30.0 Å². The second-order valence-corrected chi connectivity index (χ2v) is 4.16. The van der Waals surface area contributed by atoms with E-state index in [0.29, 0.717) is 6.29 Å². The molecule has 0 spiro atoms. The van der Waals surface area contributed by atoms with Gasteiger partial charge in [-0.3, -0.25) is 4.79 Å². The zero-order valence-corrected chi connectivity index (χ0v) is 10.2. The van der Waals surface area contributed by atoms with Crippen molar-refractivity contribution in [1.82, 2.24) is 4.98 Å². The first-order valence-electron chi connectivity index (χ1n) is 5.21. The lowest BCUT2D eigenvalue weighted by Crippen LogP contribution is -2.07. The van der Waals surface area contributed by atoms with E-state index in [9.17, 15) is 18.0 Å². The average molecular weight is 286 g/mol. The molecule has 98 valence electrons. The Morgan fingerprint density at radius 2 is 1.84 bits per heavy atom. The van der Waals surface area contributed by atoms with Crippen LogP contribution in [0.15, 0.2) is 36.4 Å². The van der Waals surface area contributed by atoms with Gasteiger partial charge in [0.05, 0.1) is 11.3 Å². The number of aromatic nitrogens is 1. The number of carbonyl (C=O) groups excluding carboxylic acids is 1. The van der Waals surface area contributed by atoms with Crippen LogP contribution in [0.25, 0.3) is 11.3 Å². The SMILES string of the molecule is O=Cc1cc(Cl)nc(-c2ccccc2C(F)(F)F)c1. The monoisotopic (exact) mass is 285 g/mol. The lowest BCUT2D eigenvalue weighted by Gasteiger charge is -2.12. The maximum Gasteiger partial charge on any atom is 0.417 e. The zero-order chi connectivity index (χ0) is 14.0. The first kappa shape index (κ1) is 13.5. The molecule has 0 aliphatic carbocycles. The van der Waals surface area contributed by atoms with Gasteiger partial charge < -0.3 is 0 Å². The Morgan fingerprint density at radius 1 is 1.16 bits per heavy atom. The predicted molar refractivity (Wildman–Crippen MR) is 65.1 cm³/mol. The molecule has 0 amide bonds. The highest BCUT2D eigenvalue weighted by molar-refractivity contribution is 6.29. The molecule has 0 radical (unpaired) electrons. The van der Waals surface area contributed by atoms with E-state index in [1.165, 1.54) is 30.3 Å². The van der Waals surface area contributed by atoms with Crippen molar-refractivity contribution in [3.63, 3.8) is 0 Å². The maximum absolute atomic E-state index is 12.9. The summed E-state index contributed by atoms with van der Waals surface area (Å²) in [5.74, 6) is 0. The summed E-state index contributed by atoms with van der Waals surface area (Å²) in [6, 6.07) is 7.55. The van der Waals surface area contributed by atoms with E-state index < -0.39 is 11.7 Å². The van der Waals surface area contributed by atoms with Gasteiger partial charge in [0.15, 0.2) is 0 Å². The van der Waals surface area contributed by atoms with Gasteiger partial charge in [-0.15, -0.1) is 0 Å². The summed E-state index contributed by atoms with van der Waals surface area (Å²) in [5, 5.41) is -0.0309. The Bertz CT molecular complexity index is 626. The van der Waals surface area contributed by atoms with Gasteiger partial charge in [-0.1, -0.05) is 29.8 Å². The van der Waals surface area contributed by atoms with Crippen LogP contribution in [0.1, 0.15) is 15.9 Å². The minimum absolute atomic E-state index is 0.0162. The van der Waals surface area contributed by atoms with Gasteiger partial charge in [0.2, 0.25) is 0 Å². The van der Waals surface area contributed by atoms with E-state index in [-0.39, 0.29) is 22.0 Å². The number of nitrogens with zero attached hydrogens (tertiary/aromatic N) is 1. The van der Waals surface area contributed by atoms with Crippen molar-refractivity contribution in [3.8, 4) is 11.3 Å². The largest absolute Gasteiger partial charge is 0.417 e. The summed E-state index contributed by atoms with van der Waals surface area (Å²) in [7, 11) is 0. The number of alkyl halides is 3. The molecule has 1 heterocycles. The zero-order valence-electron chi connectivity index (χ0n) is 9.41. The Hall–Kier alpha value is -1.88. The molecular weight excluding hydrogens is 279 g/mol. The van der Waals surface area contributed by atoms with E-state index in [0.717, 1.165) is 6.07 Å². The van der Waals surface area contributed by atoms with Crippen LogP contribution in [-0.2, 0) is 6.18 Å². The van der Waals surface area contributed by atoms with Gasteiger partial charge in [0.25, 0.3) is 0 Å². The number of carbonyl (C=O) groups is 1. The van der Waals surface area contributed by atoms with Gasteiger partial charge in [-0.25, -0.2) is 4.98 Å². The Kier molecular flexibility index (Phi) is 3.57. The molecular formula is C13H7ClF3NO. The molecule has 2 rings (SSSR count). The van der Waals surface area contributed by atoms with Crippen LogP contribution in [0, 0.1) is 0 Å². The Labute approximate surface area is 111 Å². The molecule has 0 atom stereocenters. The van der Waals surface area contributed by atoms with Crippen molar-refractivity contribution >= 4 is 17.9 Å². The highest BCUT2D eigenvalue weighted by atomic mass is 35.5. The summed E-state index contributed by atoms with van der Waals surface area (Å²) >= 11 is 5.69. The summed E-state index contributed by atoms with van der Waals surface area (Å²) in [5.41, 5.74) is -0.739. The summed E-state index contributed by atoms with van der Waals surface area (Å²) in [4.78, 5) is 14.5. The van der Waals surface area contributed by atoms with E-state index in [2.05, 4.69) is 4.98 Å². The number of halogens is 4. The molecule has 0 N–H and O–H groups in total. The summed E-state index contributed by atoms with van der Waals surface area (Å²) in [6.45, 7) is 0. The lowest BCUT2D eigenvalue weighted by molar-refractivity contribution is -0.137. The summed E-state index contributed by atoms with van der Waals surface area (Å²) in [6.07, 6.45) is -3.99. The van der Waals surface area contributed by atoms with Crippen molar-refractivity contribution in [2.75, 3.05) is 0 Å². The van der Waals surface area contributed by atoms with Crippen molar-refractivity contribution in [2.24, 2.45) is 0 Å². The Morgan fingerprint density at radius 3 is 2.47 bits per heavy atom. The van der Waals surface area contributed by atoms with E-state index >= 15 is 0 Å². The molecule has 0 saturated carbocycles. The fourth-order valence-electron chi connectivity index (χ4n) is 1.68. The first-order chi connectivity index (χ1) is 8.91. The van der Waals surface area contributed by atoms with E-state index in [4.69, 9.17) is 11.6 Å². The van der Waals surface area contributed by atoms with Crippen LogP contribution in [0.2, 0.25) is 5.15 Å². The number of pyridine rings is 1. The molecule has 19 heavy (non-hydrogen) atoms. The second kappa shape index (κ2) is 5.01.